The molecule has 180 valence electrons. The molecule has 0 bridgehead atoms. The summed E-state index contributed by atoms with van der Waals surface area (Å²) in [7, 11) is 0. The fourth-order valence-corrected chi connectivity index (χ4v) is 4.68. The van der Waals surface area contributed by atoms with Gasteiger partial charge in [-0.2, -0.15) is 0 Å². The average Bonchev–Trinajstić information content (AvgIpc) is 2.75. The second-order valence-corrected chi connectivity index (χ2v) is 10.3. The predicted octanol–water partition coefficient (Wildman–Crippen LogP) is 7.49. The van der Waals surface area contributed by atoms with E-state index in [4.69, 9.17) is 0 Å². The van der Waals surface area contributed by atoms with Gasteiger partial charge in [0.15, 0.2) is 0 Å². The topological polar surface area (TPSA) is 49.4 Å². The van der Waals surface area contributed by atoms with Gasteiger partial charge in [-0.25, -0.2) is 0 Å². The van der Waals surface area contributed by atoms with Crippen LogP contribution in [-0.4, -0.2) is 18.4 Å². The van der Waals surface area contributed by atoms with Gasteiger partial charge in [0.2, 0.25) is 11.8 Å². The quantitative estimate of drug-likeness (QED) is 0.322. The van der Waals surface area contributed by atoms with E-state index in [1.165, 1.54) is 44.9 Å². The minimum absolute atomic E-state index is 0.0929. The van der Waals surface area contributed by atoms with Crippen LogP contribution in [0.4, 0.5) is 11.4 Å². The van der Waals surface area contributed by atoms with Gasteiger partial charge in [-0.1, -0.05) is 79.1 Å². The standard InChI is InChI=1S/C28H46N2O2/c1-7-9-10-11-12-13-14-15-18-28(5,6)27(32)29-26-22(4)21(3)20-24-23(26)16-17-25(31)30(24)19-8-2/h20H,7-19H2,1-6H3,(H,29,32). The molecule has 1 aliphatic rings. The first-order chi connectivity index (χ1) is 15.2. The molecule has 0 saturated heterocycles. The zero-order chi connectivity index (χ0) is 23.7. The number of unbranched alkanes of at least 4 members (excludes halogenated alkanes) is 7. The summed E-state index contributed by atoms with van der Waals surface area (Å²) in [4.78, 5) is 27.7. The summed E-state index contributed by atoms with van der Waals surface area (Å²) in [6.07, 6.45) is 13.3. The van der Waals surface area contributed by atoms with Gasteiger partial charge in [-0.15, -0.1) is 0 Å². The molecular weight excluding hydrogens is 396 g/mol. The van der Waals surface area contributed by atoms with Crippen molar-refractivity contribution in [3.63, 3.8) is 0 Å². The molecule has 2 amide bonds. The Morgan fingerprint density at radius 2 is 1.59 bits per heavy atom. The molecule has 0 atom stereocenters. The Bertz CT molecular complexity index is 782. The number of rotatable bonds is 13. The zero-order valence-corrected chi connectivity index (χ0v) is 21.5. The lowest BCUT2D eigenvalue weighted by atomic mass is 9.85. The number of aryl methyl sites for hydroxylation is 1. The fourth-order valence-electron chi connectivity index (χ4n) is 4.68. The Balaban J connectivity index is 2.04. The van der Waals surface area contributed by atoms with E-state index in [1.54, 1.807) is 0 Å². The number of hydrogen-bond donors (Lipinski definition) is 1. The Morgan fingerprint density at radius 1 is 0.969 bits per heavy atom. The second kappa shape index (κ2) is 12.4. The van der Waals surface area contributed by atoms with Crippen molar-refractivity contribution < 1.29 is 9.59 Å². The maximum atomic E-state index is 13.3. The van der Waals surface area contributed by atoms with Crippen molar-refractivity contribution in [1.29, 1.82) is 0 Å². The van der Waals surface area contributed by atoms with E-state index in [0.29, 0.717) is 12.8 Å². The summed E-state index contributed by atoms with van der Waals surface area (Å²) in [6, 6.07) is 2.12. The minimum Gasteiger partial charge on any atom is -0.325 e. The van der Waals surface area contributed by atoms with Crippen LogP contribution in [0, 0.1) is 19.3 Å². The van der Waals surface area contributed by atoms with Gasteiger partial charge in [-0.05, 0) is 50.3 Å². The van der Waals surface area contributed by atoms with Crippen molar-refractivity contribution in [2.24, 2.45) is 5.41 Å². The molecule has 1 aliphatic heterocycles. The van der Waals surface area contributed by atoms with E-state index in [9.17, 15) is 9.59 Å². The smallest absolute Gasteiger partial charge is 0.230 e. The van der Waals surface area contributed by atoms with E-state index in [-0.39, 0.29) is 11.8 Å². The van der Waals surface area contributed by atoms with Crippen molar-refractivity contribution in [2.45, 2.75) is 119 Å². The number of carbonyl (C=O) groups excluding carboxylic acids is 2. The lowest BCUT2D eigenvalue weighted by Crippen LogP contribution is -2.37. The lowest BCUT2D eigenvalue weighted by Gasteiger charge is -2.33. The lowest BCUT2D eigenvalue weighted by molar-refractivity contribution is -0.124. The van der Waals surface area contributed by atoms with Crippen molar-refractivity contribution in [2.75, 3.05) is 16.8 Å². The fraction of sp³-hybridized carbons (Fsp3) is 0.714. The number of nitrogens with zero attached hydrogens (tertiary/aromatic N) is 1. The zero-order valence-electron chi connectivity index (χ0n) is 21.5. The van der Waals surface area contributed by atoms with E-state index in [2.05, 4.69) is 52.9 Å². The molecule has 1 aromatic rings. The number of anilines is 2. The molecule has 4 heteroatoms. The minimum atomic E-state index is -0.404. The van der Waals surface area contributed by atoms with Gasteiger partial charge in [0.05, 0.1) is 0 Å². The monoisotopic (exact) mass is 442 g/mol. The van der Waals surface area contributed by atoms with Crippen LogP contribution in [0.5, 0.6) is 0 Å². The second-order valence-electron chi connectivity index (χ2n) is 10.3. The third kappa shape index (κ3) is 6.83. The molecule has 0 radical (unpaired) electrons. The Hall–Kier alpha value is -1.84. The van der Waals surface area contributed by atoms with Gasteiger partial charge < -0.3 is 10.2 Å². The van der Waals surface area contributed by atoms with Gasteiger partial charge in [0.1, 0.15) is 0 Å². The van der Waals surface area contributed by atoms with Crippen LogP contribution < -0.4 is 10.2 Å². The van der Waals surface area contributed by atoms with Crippen molar-refractivity contribution in [1.82, 2.24) is 0 Å². The maximum Gasteiger partial charge on any atom is 0.230 e. The first-order valence-electron chi connectivity index (χ1n) is 13.0. The Kier molecular flexibility index (Phi) is 10.2. The van der Waals surface area contributed by atoms with Gasteiger partial charge in [0, 0.05) is 35.3 Å². The highest BCUT2D eigenvalue weighted by Gasteiger charge is 2.31. The van der Waals surface area contributed by atoms with Crippen molar-refractivity contribution in [3.8, 4) is 0 Å². The first kappa shape index (κ1) is 26.4. The van der Waals surface area contributed by atoms with E-state index in [1.807, 2.05) is 4.90 Å². The molecule has 4 nitrogen and oxygen atoms in total. The highest BCUT2D eigenvalue weighted by atomic mass is 16.2. The summed E-state index contributed by atoms with van der Waals surface area (Å²) in [6.45, 7) is 13.4. The summed E-state index contributed by atoms with van der Waals surface area (Å²) >= 11 is 0. The normalized spacial score (nSPS) is 13.9. The van der Waals surface area contributed by atoms with Gasteiger partial charge >= 0.3 is 0 Å². The molecule has 1 aromatic carbocycles. The number of nitrogens with one attached hydrogen (secondary N) is 1. The third-order valence-corrected chi connectivity index (χ3v) is 7.07. The summed E-state index contributed by atoms with van der Waals surface area (Å²) in [5.74, 6) is 0.283. The van der Waals surface area contributed by atoms with Gasteiger partial charge in [-0.3, -0.25) is 9.59 Å². The van der Waals surface area contributed by atoms with Crippen LogP contribution in [0.3, 0.4) is 0 Å². The number of hydrogen-bond acceptors (Lipinski definition) is 2. The SMILES string of the molecule is CCCCCCCCCCC(C)(C)C(=O)Nc1c(C)c(C)cc2c1CCC(=O)N2CCC. The Morgan fingerprint density at radius 3 is 2.22 bits per heavy atom. The summed E-state index contributed by atoms with van der Waals surface area (Å²) in [5.41, 5.74) is 4.88. The Labute approximate surface area is 196 Å². The molecule has 2 rings (SSSR count). The summed E-state index contributed by atoms with van der Waals surface area (Å²) < 4.78 is 0. The molecular formula is C28H46N2O2. The number of fused-ring (bicyclic) bond motifs is 1. The molecule has 0 unspecified atom stereocenters. The van der Waals surface area contributed by atoms with E-state index in [0.717, 1.165) is 53.9 Å². The molecule has 0 spiro atoms. The third-order valence-electron chi connectivity index (χ3n) is 7.07. The number of benzene rings is 1. The van der Waals surface area contributed by atoms with E-state index >= 15 is 0 Å². The predicted molar refractivity (Wildman–Crippen MR) is 137 cm³/mol. The molecule has 32 heavy (non-hydrogen) atoms. The van der Waals surface area contributed by atoms with Crippen LogP contribution in [0.15, 0.2) is 6.07 Å². The molecule has 0 saturated carbocycles. The maximum absolute atomic E-state index is 13.3. The van der Waals surface area contributed by atoms with Crippen LogP contribution in [0.1, 0.15) is 115 Å². The summed E-state index contributed by atoms with van der Waals surface area (Å²) in [5, 5.41) is 3.30. The van der Waals surface area contributed by atoms with Crippen LogP contribution >= 0.6 is 0 Å². The average molecular weight is 443 g/mol. The van der Waals surface area contributed by atoms with Gasteiger partial charge in [0.25, 0.3) is 0 Å². The van der Waals surface area contributed by atoms with Crippen molar-refractivity contribution >= 4 is 23.2 Å². The number of carbonyl (C=O) groups is 2. The molecule has 1 heterocycles. The van der Waals surface area contributed by atoms with Crippen LogP contribution in [-0.2, 0) is 16.0 Å². The molecule has 0 aromatic heterocycles. The number of amides is 2. The first-order valence-corrected chi connectivity index (χ1v) is 13.0. The highest BCUT2D eigenvalue weighted by molar-refractivity contribution is 6.01. The van der Waals surface area contributed by atoms with Crippen LogP contribution in [0.25, 0.3) is 0 Å². The van der Waals surface area contributed by atoms with Crippen molar-refractivity contribution in [3.05, 3.63) is 22.8 Å². The largest absolute Gasteiger partial charge is 0.325 e. The molecule has 0 fully saturated rings. The highest BCUT2D eigenvalue weighted by Crippen LogP contribution is 2.39. The van der Waals surface area contributed by atoms with E-state index < -0.39 is 5.41 Å². The molecule has 0 aliphatic carbocycles. The van der Waals surface area contributed by atoms with Crippen LogP contribution in [0.2, 0.25) is 0 Å². The molecule has 1 N–H and O–H groups in total.